The number of nitrogens with zero attached hydrogens (tertiary/aromatic N) is 2. The monoisotopic (exact) mass is 258 g/mol. The standard InChI is InChI=1S/C10H18N4O2S/c1-2-3-14(4-5-15)6-8-7-17-10(12-8)9(16)13-11/h7,15H,2-6,11H2,1H3,(H,13,16). The first-order valence-corrected chi connectivity index (χ1v) is 6.37. The number of hydrogen-bond donors (Lipinski definition) is 3. The summed E-state index contributed by atoms with van der Waals surface area (Å²) >= 11 is 1.27. The molecule has 0 radical (unpaired) electrons. The van der Waals surface area contributed by atoms with Crippen molar-refractivity contribution in [2.45, 2.75) is 19.9 Å². The number of carbonyl (C=O) groups excluding carboxylic acids is 1. The Morgan fingerprint density at radius 1 is 1.65 bits per heavy atom. The fraction of sp³-hybridized carbons (Fsp3) is 0.600. The van der Waals surface area contributed by atoms with E-state index in [0.29, 0.717) is 18.1 Å². The lowest BCUT2D eigenvalue weighted by atomic mass is 10.3. The molecule has 0 bridgehead atoms. The first kappa shape index (κ1) is 14.0. The molecule has 4 N–H and O–H groups in total. The molecular weight excluding hydrogens is 240 g/mol. The van der Waals surface area contributed by atoms with E-state index in [0.717, 1.165) is 18.7 Å². The van der Waals surface area contributed by atoms with Crippen molar-refractivity contribution in [3.8, 4) is 0 Å². The van der Waals surface area contributed by atoms with Crippen LogP contribution in [0.25, 0.3) is 0 Å². The van der Waals surface area contributed by atoms with E-state index in [-0.39, 0.29) is 12.5 Å². The van der Waals surface area contributed by atoms with Gasteiger partial charge in [-0.25, -0.2) is 10.8 Å². The SMILES string of the molecule is CCCN(CCO)Cc1csc(C(=O)NN)n1. The molecule has 0 unspecified atom stereocenters. The summed E-state index contributed by atoms with van der Waals surface area (Å²) in [5, 5.41) is 11.1. The fourth-order valence-electron chi connectivity index (χ4n) is 1.50. The lowest BCUT2D eigenvalue weighted by Gasteiger charge is -2.18. The summed E-state index contributed by atoms with van der Waals surface area (Å²) in [5.41, 5.74) is 2.88. The van der Waals surface area contributed by atoms with Crippen molar-refractivity contribution in [2.24, 2.45) is 5.84 Å². The Morgan fingerprint density at radius 2 is 2.41 bits per heavy atom. The number of nitrogens with two attached hydrogens (primary N) is 1. The Hall–Kier alpha value is -1.02. The molecular formula is C10H18N4O2S. The Kier molecular flexibility index (Phi) is 6.06. The summed E-state index contributed by atoms with van der Waals surface area (Å²) in [5.74, 6) is 4.66. The molecule has 1 aromatic rings. The molecule has 0 saturated carbocycles. The Bertz CT molecular complexity index is 350. The maximum absolute atomic E-state index is 11.2. The van der Waals surface area contributed by atoms with Crippen molar-refractivity contribution in [1.29, 1.82) is 0 Å². The summed E-state index contributed by atoms with van der Waals surface area (Å²) < 4.78 is 0. The molecule has 96 valence electrons. The van der Waals surface area contributed by atoms with Crippen LogP contribution in [0.4, 0.5) is 0 Å². The van der Waals surface area contributed by atoms with Crippen molar-refractivity contribution in [3.63, 3.8) is 0 Å². The molecule has 0 spiro atoms. The highest BCUT2D eigenvalue weighted by Gasteiger charge is 2.11. The highest BCUT2D eigenvalue weighted by molar-refractivity contribution is 7.11. The summed E-state index contributed by atoms with van der Waals surface area (Å²) in [6.45, 7) is 4.36. The van der Waals surface area contributed by atoms with Crippen LogP contribution < -0.4 is 11.3 Å². The number of carbonyl (C=O) groups is 1. The molecule has 6 nitrogen and oxygen atoms in total. The quantitative estimate of drug-likeness (QED) is 0.362. The van der Waals surface area contributed by atoms with Crippen molar-refractivity contribution in [1.82, 2.24) is 15.3 Å². The topological polar surface area (TPSA) is 91.5 Å². The molecule has 0 aliphatic heterocycles. The predicted octanol–water partition coefficient (Wildman–Crippen LogP) is -0.0491. The number of hydrogen-bond acceptors (Lipinski definition) is 6. The van der Waals surface area contributed by atoms with E-state index in [2.05, 4.69) is 22.2 Å². The van der Waals surface area contributed by atoms with E-state index in [1.54, 1.807) is 0 Å². The average Bonchev–Trinajstić information content (AvgIpc) is 2.77. The van der Waals surface area contributed by atoms with Crippen LogP contribution >= 0.6 is 11.3 Å². The van der Waals surface area contributed by atoms with Gasteiger partial charge in [0.2, 0.25) is 0 Å². The summed E-state index contributed by atoms with van der Waals surface area (Å²) in [4.78, 5) is 17.5. The molecule has 1 heterocycles. The van der Waals surface area contributed by atoms with E-state index in [1.807, 2.05) is 5.38 Å². The normalized spacial score (nSPS) is 10.8. The maximum Gasteiger partial charge on any atom is 0.294 e. The van der Waals surface area contributed by atoms with Crippen LogP contribution in [0.15, 0.2) is 5.38 Å². The minimum atomic E-state index is -0.370. The zero-order chi connectivity index (χ0) is 12.7. The number of aromatic nitrogens is 1. The maximum atomic E-state index is 11.2. The van der Waals surface area contributed by atoms with Gasteiger partial charge in [-0.15, -0.1) is 11.3 Å². The van der Waals surface area contributed by atoms with Crippen LogP contribution in [0.5, 0.6) is 0 Å². The van der Waals surface area contributed by atoms with E-state index in [1.165, 1.54) is 11.3 Å². The third kappa shape index (κ3) is 4.39. The van der Waals surface area contributed by atoms with Gasteiger partial charge in [0, 0.05) is 18.5 Å². The first-order valence-electron chi connectivity index (χ1n) is 5.49. The summed E-state index contributed by atoms with van der Waals surface area (Å²) in [6.07, 6.45) is 1.01. The second kappa shape index (κ2) is 7.33. The van der Waals surface area contributed by atoms with E-state index in [4.69, 9.17) is 10.9 Å². The van der Waals surface area contributed by atoms with E-state index in [9.17, 15) is 4.79 Å². The molecule has 0 saturated heterocycles. The number of thiazole rings is 1. The van der Waals surface area contributed by atoms with Gasteiger partial charge in [-0.2, -0.15) is 0 Å². The van der Waals surface area contributed by atoms with Gasteiger partial charge in [-0.05, 0) is 13.0 Å². The Balaban J connectivity index is 2.60. The van der Waals surface area contributed by atoms with E-state index >= 15 is 0 Å². The van der Waals surface area contributed by atoms with Crippen LogP contribution in [0, 0.1) is 0 Å². The van der Waals surface area contributed by atoms with Gasteiger partial charge in [-0.3, -0.25) is 15.1 Å². The van der Waals surface area contributed by atoms with Crippen molar-refractivity contribution >= 4 is 17.2 Å². The molecule has 0 fully saturated rings. The Morgan fingerprint density at radius 3 is 3.00 bits per heavy atom. The second-order valence-electron chi connectivity index (χ2n) is 3.62. The first-order chi connectivity index (χ1) is 8.21. The average molecular weight is 258 g/mol. The lowest BCUT2D eigenvalue weighted by molar-refractivity contribution is 0.0952. The van der Waals surface area contributed by atoms with Crippen molar-refractivity contribution < 1.29 is 9.90 Å². The molecule has 0 aliphatic rings. The third-order valence-electron chi connectivity index (χ3n) is 2.22. The number of amides is 1. The van der Waals surface area contributed by atoms with Gasteiger partial charge in [0.05, 0.1) is 12.3 Å². The molecule has 7 heteroatoms. The second-order valence-corrected chi connectivity index (χ2v) is 4.48. The predicted molar refractivity (Wildman–Crippen MR) is 66.4 cm³/mol. The molecule has 0 atom stereocenters. The lowest BCUT2D eigenvalue weighted by Crippen LogP contribution is -2.30. The van der Waals surface area contributed by atoms with E-state index < -0.39 is 0 Å². The van der Waals surface area contributed by atoms with Gasteiger partial charge in [-0.1, -0.05) is 6.92 Å². The van der Waals surface area contributed by atoms with Crippen LogP contribution in [0.1, 0.15) is 28.8 Å². The van der Waals surface area contributed by atoms with Crippen molar-refractivity contribution in [3.05, 3.63) is 16.1 Å². The minimum absolute atomic E-state index is 0.125. The highest BCUT2D eigenvalue weighted by atomic mass is 32.1. The fourth-order valence-corrected chi connectivity index (χ4v) is 2.21. The van der Waals surface area contributed by atoms with Crippen LogP contribution in [-0.4, -0.2) is 40.6 Å². The zero-order valence-corrected chi connectivity index (χ0v) is 10.7. The highest BCUT2D eigenvalue weighted by Crippen LogP contribution is 2.11. The van der Waals surface area contributed by atoms with Crippen LogP contribution in [0.2, 0.25) is 0 Å². The van der Waals surface area contributed by atoms with Crippen LogP contribution in [-0.2, 0) is 6.54 Å². The number of nitrogen functional groups attached to an aromatic ring is 1. The van der Waals surface area contributed by atoms with Gasteiger partial charge in [0.15, 0.2) is 5.01 Å². The molecule has 0 aliphatic carbocycles. The number of rotatable bonds is 7. The smallest absolute Gasteiger partial charge is 0.294 e. The number of hydrazine groups is 1. The summed E-state index contributed by atoms with van der Waals surface area (Å²) in [6, 6.07) is 0. The van der Waals surface area contributed by atoms with Gasteiger partial charge in [0.1, 0.15) is 0 Å². The van der Waals surface area contributed by atoms with Crippen LogP contribution in [0.3, 0.4) is 0 Å². The van der Waals surface area contributed by atoms with Crippen molar-refractivity contribution in [2.75, 3.05) is 19.7 Å². The largest absolute Gasteiger partial charge is 0.395 e. The third-order valence-corrected chi connectivity index (χ3v) is 3.11. The zero-order valence-electron chi connectivity index (χ0n) is 9.85. The molecule has 1 amide bonds. The minimum Gasteiger partial charge on any atom is -0.395 e. The summed E-state index contributed by atoms with van der Waals surface area (Å²) in [7, 11) is 0. The number of aliphatic hydroxyl groups excluding tert-OH is 1. The van der Waals surface area contributed by atoms with Gasteiger partial charge < -0.3 is 5.11 Å². The Labute approximate surface area is 104 Å². The molecule has 1 rings (SSSR count). The number of nitrogens with one attached hydrogen (secondary N) is 1. The molecule has 1 aromatic heterocycles. The molecule has 0 aromatic carbocycles. The van der Waals surface area contributed by atoms with Gasteiger partial charge in [0.25, 0.3) is 5.91 Å². The number of aliphatic hydroxyl groups is 1. The molecule has 17 heavy (non-hydrogen) atoms. The van der Waals surface area contributed by atoms with Gasteiger partial charge >= 0.3 is 0 Å².